The Morgan fingerprint density at radius 2 is 1.91 bits per heavy atom. The molecule has 1 heterocycles. The van der Waals surface area contributed by atoms with E-state index in [0.717, 1.165) is 57.5 Å². The number of nitrogens with zero attached hydrogens (tertiary/aromatic N) is 1. The maximum Gasteiger partial charge on any atom is 0.244 e. The Morgan fingerprint density at radius 3 is 2.57 bits per heavy atom. The number of methoxy groups -OCH3 is 2. The zero-order valence-corrected chi connectivity index (χ0v) is 21.8. The second-order valence-electron chi connectivity index (χ2n) is 8.68. The van der Waals surface area contributed by atoms with Gasteiger partial charge in [0.1, 0.15) is 22.8 Å². The molecule has 3 rings (SSSR count). The summed E-state index contributed by atoms with van der Waals surface area (Å²) < 4.78 is 23.1. The van der Waals surface area contributed by atoms with Crippen LogP contribution in [0.5, 0.6) is 17.2 Å². The summed E-state index contributed by atoms with van der Waals surface area (Å²) in [6.07, 6.45) is 4.25. The number of nitrogens with one attached hydrogen (secondary N) is 1. The number of carbonyl (C=O) groups excluding carboxylic acids is 1. The number of furan rings is 1. The van der Waals surface area contributed by atoms with Gasteiger partial charge in [-0.05, 0) is 77.7 Å². The first-order chi connectivity index (χ1) is 16.8. The predicted octanol–water partition coefficient (Wildman–Crippen LogP) is 5.30. The van der Waals surface area contributed by atoms with E-state index in [4.69, 9.17) is 18.6 Å². The van der Waals surface area contributed by atoms with Crippen molar-refractivity contribution in [2.45, 2.75) is 27.2 Å². The summed E-state index contributed by atoms with van der Waals surface area (Å²) in [5.41, 5.74) is 5.02. The second-order valence-corrected chi connectivity index (χ2v) is 8.68. The number of rotatable bonds is 11. The molecule has 1 N–H and O–H groups in total. The van der Waals surface area contributed by atoms with Crippen molar-refractivity contribution in [3.63, 3.8) is 0 Å². The molecule has 0 saturated carbocycles. The van der Waals surface area contributed by atoms with Crippen LogP contribution in [0.1, 0.15) is 31.4 Å². The van der Waals surface area contributed by atoms with E-state index in [9.17, 15) is 4.79 Å². The number of hydrogen-bond acceptors (Lipinski definition) is 6. The van der Waals surface area contributed by atoms with Gasteiger partial charge in [-0.15, -0.1) is 0 Å². The molecule has 2 aromatic carbocycles. The quantitative estimate of drug-likeness (QED) is 0.297. The van der Waals surface area contributed by atoms with Crippen LogP contribution in [0.4, 0.5) is 0 Å². The van der Waals surface area contributed by atoms with E-state index < -0.39 is 0 Å². The van der Waals surface area contributed by atoms with Gasteiger partial charge >= 0.3 is 0 Å². The fourth-order valence-electron chi connectivity index (χ4n) is 4.10. The van der Waals surface area contributed by atoms with Crippen molar-refractivity contribution in [3.8, 4) is 28.4 Å². The normalized spacial score (nSPS) is 11.7. The number of allylic oxidation sites excluding steroid dienone is 1. The van der Waals surface area contributed by atoms with E-state index in [1.807, 2.05) is 59.1 Å². The zero-order chi connectivity index (χ0) is 25.5. The third-order valence-corrected chi connectivity index (χ3v) is 5.88. The molecule has 0 aliphatic carbocycles. The van der Waals surface area contributed by atoms with E-state index in [-0.39, 0.29) is 5.91 Å². The molecule has 0 bridgehead atoms. The van der Waals surface area contributed by atoms with Crippen molar-refractivity contribution in [1.29, 1.82) is 0 Å². The van der Waals surface area contributed by atoms with Crippen molar-refractivity contribution >= 4 is 22.4 Å². The first-order valence-electron chi connectivity index (χ1n) is 11.8. The van der Waals surface area contributed by atoms with Gasteiger partial charge in [-0.1, -0.05) is 0 Å². The molecule has 0 saturated heterocycles. The van der Waals surface area contributed by atoms with Crippen LogP contribution in [0.3, 0.4) is 0 Å². The van der Waals surface area contributed by atoms with Gasteiger partial charge in [-0.25, -0.2) is 0 Å². The largest absolute Gasteiger partial charge is 0.497 e. The van der Waals surface area contributed by atoms with Gasteiger partial charge in [0.2, 0.25) is 5.91 Å². The van der Waals surface area contributed by atoms with E-state index in [1.165, 1.54) is 0 Å². The lowest BCUT2D eigenvalue weighted by Gasteiger charge is -2.15. The van der Waals surface area contributed by atoms with Crippen molar-refractivity contribution in [2.75, 3.05) is 48.0 Å². The molecule has 35 heavy (non-hydrogen) atoms. The minimum absolute atomic E-state index is 0.122. The van der Waals surface area contributed by atoms with Crippen LogP contribution in [0.2, 0.25) is 0 Å². The molecule has 7 nitrogen and oxygen atoms in total. The Morgan fingerprint density at radius 1 is 1.14 bits per heavy atom. The summed E-state index contributed by atoms with van der Waals surface area (Å²) in [5, 5.41) is 3.88. The average Bonchev–Trinajstić information content (AvgIpc) is 3.27. The molecule has 1 amide bonds. The fourth-order valence-corrected chi connectivity index (χ4v) is 4.10. The van der Waals surface area contributed by atoms with Crippen LogP contribution in [0.15, 0.2) is 41.0 Å². The number of hydrogen-bond donors (Lipinski definition) is 1. The van der Waals surface area contributed by atoms with Crippen LogP contribution in [0, 0.1) is 6.92 Å². The summed E-state index contributed by atoms with van der Waals surface area (Å²) in [5.74, 6) is 2.03. The number of amides is 1. The SMILES string of the molecule is CCOc1c(/C(C)=C/C(=O)NCCCN(C)C)cc2c(-c3cc(OC)ccc3OC)coc2c1C. The molecule has 3 aromatic rings. The highest BCUT2D eigenvalue weighted by molar-refractivity contribution is 6.02. The molecule has 1 aromatic heterocycles. The van der Waals surface area contributed by atoms with Crippen molar-refractivity contribution in [3.05, 3.63) is 47.7 Å². The Bertz CT molecular complexity index is 1210. The molecule has 0 aliphatic heterocycles. The zero-order valence-electron chi connectivity index (χ0n) is 21.8. The highest BCUT2D eigenvalue weighted by Gasteiger charge is 2.21. The van der Waals surface area contributed by atoms with Gasteiger partial charge in [0.15, 0.2) is 0 Å². The number of fused-ring (bicyclic) bond motifs is 1. The molecule has 188 valence electrons. The lowest BCUT2D eigenvalue weighted by molar-refractivity contribution is -0.116. The number of carbonyl (C=O) groups is 1. The second kappa shape index (κ2) is 11.8. The number of benzene rings is 2. The molecule has 0 fully saturated rings. The smallest absolute Gasteiger partial charge is 0.244 e. The van der Waals surface area contributed by atoms with E-state index in [1.54, 1.807) is 26.6 Å². The molecule has 0 spiro atoms. The number of ether oxygens (including phenoxy) is 3. The Hall–Kier alpha value is -3.45. The molecule has 0 atom stereocenters. The molecule has 0 radical (unpaired) electrons. The third kappa shape index (κ3) is 5.98. The van der Waals surface area contributed by atoms with Crippen molar-refractivity contribution < 1.29 is 23.4 Å². The van der Waals surface area contributed by atoms with Crippen molar-refractivity contribution in [1.82, 2.24) is 10.2 Å². The number of aryl methyl sites for hydroxylation is 1. The summed E-state index contributed by atoms with van der Waals surface area (Å²) in [7, 11) is 7.31. The minimum atomic E-state index is -0.122. The van der Waals surface area contributed by atoms with Gasteiger partial charge in [0.05, 0.1) is 27.1 Å². The topological polar surface area (TPSA) is 73.2 Å². The lowest BCUT2D eigenvalue weighted by Crippen LogP contribution is -2.25. The van der Waals surface area contributed by atoms with Crippen LogP contribution < -0.4 is 19.5 Å². The molecular formula is C28H36N2O5. The molecule has 0 unspecified atom stereocenters. The van der Waals surface area contributed by atoms with Crippen LogP contribution >= 0.6 is 0 Å². The molecular weight excluding hydrogens is 444 g/mol. The minimum Gasteiger partial charge on any atom is -0.497 e. The summed E-state index contributed by atoms with van der Waals surface area (Å²) in [4.78, 5) is 14.7. The predicted molar refractivity (Wildman–Crippen MR) is 140 cm³/mol. The van der Waals surface area contributed by atoms with E-state index in [0.29, 0.717) is 24.7 Å². The third-order valence-electron chi connectivity index (χ3n) is 5.88. The molecule has 7 heteroatoms. The average molecular weight is 481 g/mol. The van der Waals surface area contributed by atoms with Gasteiger partial charge in [-0.2, -0.15) is 0 Å². The van der Waals surface area contributed by atoms with Gasteiger partial charge < -0.3 is 28.8 Å². The Balaban J connectivity index is 2.07. The van der Waals surface area contributed by atoms with Crippen LogP contribution in [0.25, 0.3) is 27.7 Å². The van der Waals surface area contributed by atoms with E-state index in [2.05, 4.69) is 10.2 Å². The first-order valence-corrected chi connectivity index (χ1v) is 11.8. The maximum atomic E-state index is 12.6. The van der Waals surface area contributed by atoms with E-state index >= 15 is 0 Å². The molecule has 0 aliphatic rings. The summed E-state index contributed by atoms with van der Waals surface area (Å²) >= 11 is 0. The first kappa shape index (κ1) is 26.2. The van der Waals surface area contributed by atoms with Gasteiger partial charge in [-0.3, -0.25) is 4.79 Å². The van der Waals surface area contributed by atoms with Gasteiger partial charge in [0.25, 0.3) is 0 Å². The lowest BCUT2D eigenvalue weighted by atomic mass is 9.96. The van der Waals surface area contributed by atoms with Crippen molar-refractivity contribution in [2.24, 2.45) is 0 Å². The summed E-state index contributed by atoms with van der Waals surface area (Å²) in [6.45, 7) is 7.89. The van der Waals surface area contributed by atoms with Crippen LogP contribution in [-0.2, 0) is 4.79 Å². The summed E-state index contributed by atoms with van der Waals surface area (Å²) in [6, 6.07) is 7.69. The maximum absolute atomic E-state index is 12.6. The monoisotopic (exact) mass is 480 g/mol. The fraction of sp³-hybridized carbons (Fsp3) is 0.393. The Labute approximate surface area is 207 Å². The van der Waals surface area contributed by atoms with Crippen LogP contribution in [-0.4, -0.2) is 58.8 Å². The highest BCUT2D eigenvalue weighted by atomic mass is 16.5. The Kier molecular flexibility index (Phi) is 8.82. The highest BCUT2D eigenvalue weighted by Crippen LogP contribution is 2.43. The standard InChI is InChI=1S/C28H36N2O5/c1-8-34-27-19(3)28-23(16-21(27)18(2)14-26(31)29-12-9-13-30(4)5)24(17-35-28)22-15-20(32-6)10-11-25(22)33-7/h10-11,14-17H,8-9,12-13H2,1-7H3,(H,29,31)/b18-14+. The van der Waals surface area contributed by atoms with Gasteiger partial charge in [0, 0.05) is 40.3 Å².